The standard InChI is InChI=1S/C28H33N3O3.C6H4F2/c1-2-22-5-7-23(8-6-22)4-3-13-30-14-11-24-16-26(10-9-25(24)17-30)32-19-27-20-33-28(34-27)18-31-15-12-29-21-31;7-5-2-1-3-6(8)4-5/h3-10,12,15-16,21,27-28H,2,11,13-14,17-20H2,1H3;1-4H/b4-3+;. The van der Waals surface area contributed by atoms with Crippen LogP contribution in [0.4, 0.5) is 8.78 Å². The Bertz CT molecular complexity index is 1410. The van der Waals surface area contributed by atoms with Crippen LogP contribution in [-0.4, -0.2) is 53.1 Å². The largest absolute Gasteiger partial charge is 0.491 e. The Morgan fingerprint density at radius 1 is 1.02 bits per heavy atom. The van der Waals surface area contributed by atoms with Gasteiger partial charge >= 0.3 is 0 Å². The van der Waals surface area contributed by atoms with Crippen LogP contribution >= 0.6 is 0 Å². The molecule has 2 unspecified atom stereocenters. The fraction of sp³-hybridized carbons (Fsp3) is 0.324. The van der Waals surface area contributed by atoms with Crippen molar-refractivity contribution >= 4 is 6.08 Å². The second-order valence-corrected chi connectivity index (χ2v) is 10.4. The number of hydrogen-bond donors (Lipinski definition) is 0. The number of rotatable bonds is 9. The first-order valence-corrected chi connectivity index (χ1v) is 14.4. The summed E-state index contributed by atoms with van der Waals surface area (Å²) in [7, 11) is 0. The summed E-state index contributed by atoms with van der Waals surface area (Å²) >= 11 is 0. The maximum atomic E-state index is 11.9. The molecule has 8 heteroatoms. The highest BCUT2D eigenvalue weighted by molar-refractivity contribution is 5.50. The Hall–Kier alpha value is -3.85. The predicted octanol–water partition coefficient (Wildman–Crippen LogP) is 6.30. The van der Waals surface area contributed by atoms with Crippen molar-refractivity contribution < 1.29 is 23.0 Å². The van der Waals surface area contributed by atoms with Crippen molar-refractivity contribution in [2.75, 3.05) is 26.3 Å². The number of ether oxygens (including phenoxy) is 3. The van der Waals surface area contributed by atoms with Crippen LogP contribution in [0.5, 0.6) is 5.75 Å². The minimum absolute atomic E-state index is 0.0509. The Kier molecular flexibility index (Phi) is 10.5. The van der Waals surface area contributed by atoms with E-state index in [1.807, 2.05) is 10.8 Å². The van der Waals surface area contributed by atoms with Crippen molar-refractivity contribution in [3.8, 4) is 5.75 Å². The molecule has 0 saturated carbocycles. The maximum Gasteiger partial charge on any atom is 0.176 e. The van der Waals surface area contributed by atoms with E-state index in [0.717, 1.165) is 44.3 Å². The SMILES string of the molecule is CCc1ccc(/C=C/CN2CCc3cc(OCC4COC(Cn5ccnc5)O4)ccc3C2)cc1.Fc1cccc(F)c1. The van der Waals surface area contributed by atoms with Crippen molar-refractivity contribution in [2.24, 2.45) is 0 Å². The van der Waals surface area contributed by atoms with Crippen LogP contribution in [0, 0.1) is 11.6 Å². The van der Waals surface area contributed by atoms with Gasteiger partial charge in [-0.05, 0) is 59.4 Å². The molecule has 0 bridgehead atoms. The lowest BCUT2D eigenvalue weighted by Gasteiger charge is -2.28. The molecule has 2 aliphatic rings. The average molecular weight is 574 g/mol. The van der Waals surface area contributed by atoms with Gasteiger partial charge in [0.2, 0.25) is 0 Å². The molecule has 3 aromatic carbocycles. The lowest BCUT2D eigenvalue weighted by Crippen LogP contribution is -2.30. The van der Waals surface area contributed by atoms with Crippen molar-refractivity contribution in [3.63, 3.8) is 0 Å². The Morgan fingerprint density at radius 2 is 1.86 bits per heavy atom. The van der Waals surface area contributed by atoms with Crippen molar-refractivity contribution in [1.29, 1.82) is 0 Å². The van der Waals surface area contributed by atoms with Crippen molar-refractivity contribution in [2.45, 2.75) is 45.2 Å². The molecule has 4 aromatic rings. The van der Waals surface area contributed by atoms with E-state index in [0.29, 0.717) is 19.8 Å². The van der Waals surface area contributed by atoms with E-state index in [2.05, 4.69) is 71.4 Å². The third kappa shape index (κ3) is 8.82. The lowest BCUT2D eigenvalue weighted by atomic mass is 9.99. The number of halogens is 2. The molecule has 1 aromatic heterocycles. The minimum atomic E-state index is -0.537. The number of aryl methyl sites for hydroxylation is 1. The molecule has 6 nitrogen and oxygen atoms in total. The number of benzene rings is 3. The van der Waals surface area contributed by atoms with Crippen LogP contribution in [-0.2, 0) is 35.4 Å². The molecule has 0 N–H and O–H groups in total. The number of imidazole rings is 1. The highest BCUT2D eigenvalue weighted by Crippen LogP contribution is 2.25. The van der Waals surface area contributed by atoms with Gasteiger partial charge in [-0.25, -0.2) is 13.8 Å². The van der Waals surface area contributed by atoms with Gasteiger partial charge in [-0.3, -0.25) is 4.90 Å². The Labute approximate surface area is 246 Å². The number of nitrogens with zero attached hydrogens (tertiary/aromatic N) is 3. The number of fused-ring (bicyclic) bond motifs is 1. The monoisotopic (exact) mass is 573 g/mol. The predicted molar refractivity (Wildman–Crippen MR) is 159 cm³/mol. The van der Waals surface area contributed by atoms with Crippen LogP contribution in [0.2, 0.25) is 0 Å². The van der Waals surface area contributed by atoms with Gasteiger partial charge in [0.25, 0.3) is 0 Å². The van der Waals surface area contributed by atoms with Crippen molar-refractivity contribution in [1.82, 2.24) is 14.5 Å². The molecule has 6 rings (SSSR count). The fourth-order valence-electron chi connectivity index (χ4n) is 4.94. The summed E-state index contributed by atoms with van der Waals surface area (Å²) in [6.45, 7) is 6.88. The normalized spacial score (nSPS) is 18.5. The van der Waals surface area contributed by atoms with Gasteiger partial charge < -0.3 is 18.8 Å². The van der Waals surface area contributed by atoms with Crippen LogP contribution < -0.4 is 4.74 Å². The van der Waals surface area contributed by atoms with Gasteiger partial charge in [0, 0.05) is 38.1 Å². The Morgan fingerprint density at radius 3 is 2.57 bits per heavy atom. The molecule has 0 amide bonds. The third-order valence-electron chi connectivity index (χ3n) is 7.28. The topological polar surface area (TPSA) is 48.8 Å². The van der Waals surface area contributed by atoms with E-state index in [1.54, 1.807) is 12.5 Å². The highest BCUT2D eigenvalue weighted by Gasteiger charge is 2.27. The second-order valence-electron chi connectivity index (χ2n) is 10.4. The molecule has 0 radical (unpaired) electrons. The first-order chi connectivity index (χ1) is 20.5. The summed E-state index contributed by atoms with van der Waals surface area (Å²) < 4.78 is 43.6. The van der Waals surface area contributed by atoms with Gasteiger partial charge in [-0.2, -0.15) is 0 Å². The second kappa shape index (κ2) is 14.9. The zero-order chi connectivity index (χ0) is 29.1. The van der Waals surface area contributed by atoms with Crippen LogP contribution in [0.1, 0.15) is 29.2 Å². The zero-order valence-electron chi connectivity index (χ0n) is 23.9. The van der Waals surface area contributed by atoms with E-state index in [9.17, 15) is 8.78 Å². The van der Waals surface area contributed by atoms with Crippen LogP contribution in [0.15, 0.2) is 91.5 Å². The minimum Gasteiger partial charge on any atom is -0.491 e. The molecule has 0 aliphatic carbocycles. The quantitative estimate of drug-likeness (QED) is 0.235. The number of aromatic nitrogens is 2. The van der Waals surface area contributed by atoms with Crippen LogP contribution in [0.25, 0.3) is 6.08 Å². The summed E-state index contributed by atoms with van der Waals surface area (Å²) in [5.41, 5.74) is 5.42. The van der Waals surface area contributed by atoms with Gasteiger partial charge in [0.05, 0.1) is 19.5 Å². The Balaban J connectivity index is 0.000000382. The smallest absolute Gasteiger partial charge is 0.176 e. The molecule has 2 aliphatic heterocycles. The van der Waals surface area contributed by atoms with Crippen molar-refractivity contribution in [3.05, 3.63) is 125 Å². The summed E-state index contributed by atoms with van der Waals surface area (Å²) in [6, 6.07) is 19.8. The zero-order valence-corrected chi connectivity index (χ0v) is 23.9. The molecule has 1 saturated heterocycles. The molecule has 1 fully saturated rings. The average Bonchev–Trinajstić information content (AvgIpc) is 3.69. The maximum absolute atomic E-state index is 11.9. The number of hydrogen-bond acceptors (Lipinski definition) is 5. The molecular formula is C34H37F2N3O3. The first-order valence-electron chi connectivity index (χ1n) is 14.4. The van der Waals surface area contributed by atoms with Gasteiger partial charge in [-0.1, -0.05) is 55.5 Å². The van der Waals surface area contributed by atoms with E-state index < -0.39 is 11.6 Å². The summed E-state index contributed by atoms with van der Waals surface area (Å²) in [4.78, 5) is 6.54. The highest BCUT2D eigenvalue weighted by atomic mass is 19.1. The summed E-state index contributed by atoms with van der Waals surface area (Å²) in [5.74, 6) is -0.167. The van der Waals surface area contributed by atoms with E-state index in [4.69, 9.17) is 14.2 Å². The molecule has 42 heavy (non-hydrogen) atoms. The molecule has 220 valence electrons. The van der Waals surface area contributed by atoms with E-state index >= 15 is 0 Å². The molecule has 0 spiro atoms. The van der Waals surface area contributed by atoms with E-state index in [-0.39, 0.29) is 12.4 Å². The summed E-state index contributed by atoms with van der Waals surface area (Å²) in [5, 5.41) is 0. The lowest BCUT2D eigenvalue weighted by molar-refractivity contribution is -0.0726. The molecule has 2 atom stereocenters. The molecule has 3 heterocycles. The first kappa shape index (κ1) is 29.6. The van der Waals surface area contributed by atoms with Gasteiger partial charge in [-0.15, -0.1) is 0 Å². The fourth-order valence-corrected chi connectivity index (χ4v) is 4.94. The van der Waals surface area contributed by atoms with Crippen LogP contribution in [0.3, 0.4) is 0 Å². The van der Waals surface area contributed by atoms with Gasteiger partial charge in [0.15, 0.2) is 6.29 Å². The third-order valence-corrected chi connectivity index (χ3v) is 7.28. The summed E-state index contributed by atoms with van der Waals surface area (Å²) in [6.07, 6.45) is 11.8. The van der Waals surface area contributed by atoms with E-state index in [1.165, 1.54) is 40.5 Å². The van der Waals surface area contributed by atoms with Gasteiger partial charge in [0.1, 0.15) is 30.1 Å². The molecular weight excluding hydrogens is 536 g/mol.